The van der Waals surface area contributed by atoms with E-state index in [-0.39, 0.29) is 36.9 Å². The molecule has 2 heterocycles. The molecule has 2 aromatic carbocycles. The van der Waals surface area contributed by atoms with Crippen LogP contribution < -0.4 is 10.6 Å². The van der Waals surface area contributed by atoms with Crippen molar-refractivity contribution in [3.05, 3.63) is 65.7 Å². The Kier molecular flexibility index (Phi) is 8.93. The summed E-state index contributed by atoms with van der Waals surface area (Å²) in [5.74, 6) is -0.624. The van der Waals surface area contributed by atoms with Crippen LogP contribution in [0.5, 0.6) is 0 Å². The Morgan fingerprint density at radius 3 is 2.66 bits per heavy atom. The molecular formula is C28H34FN5O4. The first-order chi connectivity index (χ1) is 18.3. The van der Waals surface area contributed by atoms with Crippen molar-refractivity contribution in [1.82, 2.24) is 25.5 Å². The van der Waals surface area contributed by atoms with Crippen LogP contribution in [0, 0.1) is 5.82 Å². The molecule has 0 aliphatic carbocycles. The molecule has 0 saturated carbocycles. The molecule has 4 rings (SSSR count). The maximum atomic E-state index is 14.1. The number of alkyl carbamates (subject to hydrolysis) is 1. The lowest BCUT2D eigenvalue weighted by Crippen LogP contribution is -2.48. The lowest BCUT2D eigenvalue weighted by Gasteiger charge is -2.33. The Labute approximate surface area is 221 Å². The number of aromatic nitrogens is 2. The third-order valence-corrected chi connectivity index (χ3v) is 6.84. The average Bonchev–Trinajstić information content (AvgIpc) is 3.36. The largest absolute Gasteiger partial charge is 0.445 e. The lowest BCUT2D eigenvalue weighted by molar-refractivity contribution is -0.134. The van der Waals surface area contributed by atoms with Gasteiger partial charge < -0.3 is 25.3 Å². The SMILES string of the molecule is C[C@H](NC(=O)[C@H](CCC(=O)N1CCCC[C@@H]1C)NC(=O)OCc1ccccc1)c1nc2c(F)cccc2[nH]1. The first-order valence-corrected chi connectivity index (χ1v) is 13.0. The number of imidazole rings is 1. The summed E-state index contributed by atoms with van der Waals surface area (Å²) in [4.78, 5) is 47.9. The average molecular weight is 524 g/mol. The molecule has 3 aromatic rings. The number of hydrogen-bond acceptors (Lipinski definition) is 5. The van der Waals surface area contributed by atoms with E-state index in [1.165, 1.54) is 6.07 Å². The number of ether oxygens (including phenoxy) is 1. The number of nitrogens with one attached hydrogen (secondary N) is 3. The summed E-state index contributed by atoms with van der Waals surface area (Å²) in [6.07, 6.45) is 2.45. The van der Waals surface area contributed by atoms with Crippen LogP contribution in [0.15, 0.2) is 48.5 Å². The fraction of sp³-hybridized carbons (Fsp3) is 0.429. The van der Waals surface area contributed by atoms with Crippen LogP contribution in [0.2, 0.25) is 0 Å². The third kappa shape index (κ3) is 6.87. The van der Waals surface area contributed by atoms with E-state index in [1.807, 2.05) is 42.2 Å². The number of carbonyl (C=O) groups excluding carboxylic acids is 3. The van der Waals surface area contributed by atoms with E-state index in [4.69, 9.17) is 4.74 Å². The summed E-state index contributed by atoms with van der Waals surface area (Å²) < 4.78 is 19.4. The van der Waals surface area contributed by atoms with Gasteiger partial charge in [-0.25, -0.2) is 14.2 Å². The predicted molar refractivity (Wildman–Crippen MR) is 140 cm³/mol. The fourth-order valence-corrected chi connectivity index (χ4v) is 4.66. The molecule has 1 aromatic heterocycles. The van der Waals surface area contributed by atoms with Gasteiger partial charge in [0.15, 0.2) is 5.82 Å². The Morgan fingerprint density at radius 2 is 1.92 bits per heavy atom. The Balaban J connectivity index is 1.41. The number of piperidine rings is 1. The van der Waals surface area contributed by atoms with Gasteiger partial charge >= 0.3 is 6.09 Å². The van der Waals surface area contributed by atoms with Crippen LogP contribution in [0.4, 0.5) is 9.18 Å². The number of nitrogens with zero attached hydrogens (tertiary/aromatic N) is 2. The molecular weight excluding hydrogens is 489 g/mol. The smallest absolute Gasteiger partial charge is 0.408 e. The first-order valence-electron chi connectivity index (χ1n) is 13.0. The fourth-order valence-electron chi connectivity index (χ4n) is 4.66. The number of rotatable bonds is 9. The van der Waals surface area contributed by atoms with Crippen molar-refractivity contribution >= 4 is 28.9 Å². The van der Waals surface area contributed by atoms with E-state index in [1.54, 1.807) is 19.1 Å². The zero-order chi connectivity index (χ0) is 27.1. The molecule has 1 saturated heterocycles. The number of likely N-dealkylation sites (tertiary alicyclic amines) is 1. The number of amides is 3. The minimum atomic E-state index is -1.01. The number of H-pyrrole nitrogens is 1. The zero-order valence-electron chi connectivity index (χ0n) is 21.7. The molecule has 0 radical (unpaired) electrons. The van der Waals surface area contributed by atoms with E-state index in [9.17, 15) is 18.8 Å². The lowest BCUT2D eigenvalue weighted by atomic mass is 10.0. The van der Waals surface area contributed by atoms with E-state index < -0.39 is 29.9 Å². The Bertz CT molecular complexity index is 1260. The van der Waals surface area contributed by atoms with Crippen molar-refractivity contribution in [2.75, 3.05) is 6.54 Å². The van der Waals surface area contributed by atoms with Gasteiger partial charge in [-0.15, -0.1) is 0 Å². The molecule has 1 fully saturated rings. The van der Waals surface area contributed by atoms with Crippen LogP contribution in [0.1, 0.15) is 63.4 Å². The van der Waals surface area contributed by atoms with Gasteiger partial charge in [0.05, 0.1) is 11.6 Å². The molecule has 1 aliphatic rings. The first kappa shape index (κ1) is 27.1. The molecule has 3 N–H and O–H groups in total. The maximum Gasteiger partial charge on any atom is 0.408 e. The quantitative estimate of drug-likeness (QED) is 0.386. The highest BCUT2D eigenvalue weighted by Crippen LogP contribution is 2.20. The van der Waals surface area contributed by atoms with Crippen molar-refractivity contribution in [2.24, 2.45) is 0 Å². The number of fused-ring (bicyclic) bond motifs is 1. The molecule has 0 bridgehead atoms. The van der Waals surface area contributed by atoms with Gasteiger partial charge in [0, 0.05) is 19.0 Å². The van der Waals surface area contributed by atoms with Gasteiger partial charge in [-0.2, -0.15) is 0 Å². The standard InChI is InChI=1S/C28H34FN5O4/c1-18-9-6-7-16-34(18)24(35)15-14-23(32-28(37)38-17-20-10-4-3-5-11-20)27(36)30-19(2)26-31-22-13-8-12-21(29)25(22)33-26/h3-5,8,10-13,18-19,23H,6-7,9,14-17H2,1-2H3,(H,30,36)(H,31,33)(H,32,37)/t18-,19-,23-/m0/s1. The monoisotopic (exact) mass is 523 g/mol. The second-order valence-corrected chi connectivity index (χ2v) is 9.72. The molecule has 0 spiro atoms. The van der Waals surface area contributed by atoms with Crippen LogP contribution in [-0.2, 0) is 20.9 Å². The predicted octanol–water partition coefficient (Wildman–Crippen LogP) is 4.36. The highest BCUT2D eigenvalue weighted by Gasteiger charge is 2.28. The van der Waals surface area contributed by atoms with Crippen molar-refractivity contribution in [1.29, 1.82) is 0 Å². The summed E-state index contributed by atoms with van der Waals surface area (Å²) in [5, 5.41) is 5.43. The summed E-state index contributed by atoms with van der Waals surface area (Å²) in [6, 6.07) is 12.3. The Morgan fingerprint density at radius 1 is 1.13 bits per heavy atom. The van der Waals surface area contributed by atoms with Gasteiger partial charge in [0.25, 0.3) is 0 Å². The zero-order valence-corrected chi connectivity index (χ0v) is 21.7. The van der Waals surface area contributed by atoms with E-state index in [0.717, 1.165) is 24.8 Å². The van der Waals surface area contributed by atoms with Crippen molar-refractivity contribution in [3.8, 4) is 0 Å². The van der Waals surface area contributed by atoms with Crippen LogP contribution in [0.3, 0.4) is 0 Å². The summed E-state index contributed by atoms with van der Waals surface area (Å²) in [6.45, 7) is 4.48. The Hall–Kier alpha value is -3.95. The number of para-hydroxylation sites is 1. The van der Waals surface area contributed by atoms with Gasteiger partial charge in [-0.05, 0) is 57.2 Å². The number of benzene rings is 2. The maximum absolute atomic E-state index is 14.1. The van der Waals surface area contributed by atoms with Gasteiger partial charge in [-0.1, -0.05) is 36.4 Å². The number of halogens is 1. The summed E-state index contributed by atoms with van der Waals surface area (Å²) in [7, 11) is 0. The third-order valence-electron chi connectivity index (χ3n) is 6.84. The van der Waals surface area contributed by atoms with Crippen LogP contribution in [-0.4, -0.2) is 51.4 Å². The molecule has 202 valence electrons. The molecule has 3 atom stereocenters. The second kappa shape index (κ2) is 12.5. The van der Waals surface area contributed by atoms with Crippen molar-refractivity contribution in [3.63, 3.8) is 0 Å². The van der Waals surface area contributed by atoms with Gasteiger partial charge in [0.1, 0.15) is 24.0 Å². The highest BCUT2D eigenvalue weighted by molar-refractivity contribution is 5.87. The number of hydrogen-bond donors (Lipinski definition) is 3. The van der Waals surface area contributed by atoms with Crippen LogP contribution >= 0.6 is 0 Å². The summed E-state index contributed by atoms with van der Waals surface area (Å²) in [5.41, 5.74) is 1.51. The number of aromatic amines is 1. The minimum absolute atomic E-state index is 0.0461. The van der Waals surface area contributed by atoms with Crippen molar-refractivity contribution < 1.29 is 23.5 Å². The topological polar surface area (TPSA) is 116 Å². The molecule has 10 heteroatoms. The molecule has 1 aliphatic heterocycles. The van der Waals surface area contributed by atoms with Crippen molar-refractivity contribution in [2.45, 2.75) is 70.7 Å². The number of carbonyl (C=O) groups is 3. The van der Waals surface area contributed by atoms with E-state index >= 15 is 0 Å². The molecule has 3 amide bonds. The van der Waals surface area contributed by atoms with Gasteiger partial charge in [0.2, 0.25) is 11.8 Å². The normalized spacial score (nSPS) is 17.0. The van der Waals surface area contributed by atoms with E-state index in [2.05, 4.69) is 20.6 Å². The van der Waals surface area contributed by atoms with E-state index in [0.29, 0.717) is 17.9 Å². The second-order valence-electron chi connectivity index (χ2n) is 9.72. The van der Waals surface area contributed by atoms with Gasteiger partial charge in [-0.3, -0.25) is 9.59 Å². The molecule has 0 unspecified atom stereocenters. The molecule has 9 nitrogen and oxygen atoms in total. The highest BCUT2D eigenvalue weighted by atomic mass is 19.1. The minimum Gasteiger partial charge on any atom is -0.445 e. The summed E-state index contributed by atoms with van der Waals surface area (Å²) >= 11 is 0. The molecule has 38 heavy (non-hydrogen) atoms. The van der Waals surface area contributed by atoms with Crippen LogP contribution in [0.25, 0.3) is 11.0 Å².